The summed E-state index contributed by atoms with van der Waals surface area (Å²) in [5, 5.41) is 5.22. The van der Waals surface area contributed by atoms with E-state index >= 15 is 0 Å². The molecule has 1 aromatic heterocycles. The molecule has 22 heavy (non-hydrogen) atoms. The van der Waals surface area contributed by atoms with Gasteiger partial charge in [-0.15, -0.1) is 0 Å². The first-order valence-electron chi connectivity index (χ1n) is 6.80. The number of amides is 2. The van der Waals surface area contributed by atoms with Gasteiger partial charge in [-0.1, -0.05) is 6.07 Å². The number of carbonyl (C=O) groups is 2. The van der Waals surface area contributed by atoms with Crippen molar-refractivity contribution >= 4 is 11.8 Å². The van der Waals surface area contributed by atoms with E-state index in [0.29, 0.717) is 5.56 Å². The van der Waals surface area contributed by atoms with Gasteiger partial charge in [0.25, 0.3) is 5.91 Å². The van der Waals surface area contributed by atoms with Gasteiger partial charge in [0.1, 0.15) is 5.82 Å². The van der Waals surface area contributed by atoms with Crippen molar-refractivity contribution in [3.8, 4) is 0 Å². The number of hydrogen-bond acceptors (Lipinski definition) is 3. The summed E-state index contributed by atoms with van der Waals surface area (Å²) < 4.78 is 12.8. The summed E-state index contributed by atoms with van der Waals surface area (Å²) in [6.07, 6.45) is 1.65. The second-order valence-corrected chi connectivity index (χ2v) is 4.73. The lowest BCUT2D eigenvalue weighted by molar-refractivity contribution is -0.120. The minimum atomic E-state index is -0.430. The van der Waals surface area contributed by atoms with Crippen molar-refractivity contribution in [1.82, 2.24) is 15.6 Å². The molecule has 2 rings (SSSR count). The van der Waals surface area contributed by atoms with Gasteiger partial charge in [0.15, 0.2) is 0 Å². The number of nitrogens with one attached hydrogen (secondary N) is 2. The number of carbonyl (C=O) groups excluding carboxylic acids is 2. The van der Waals surface area contributed by atoms with Crippen LogP contribution >= 0.6 is 0 Å². The van der Waals surface area contributed by atoms with Crippen molar-refractivity contribution in [2.45, 2.75) is 13.0 Å². The molecule has 1 atom stereocenters. The average molecular weight is 301 g/mol. The molecule has 1 unspecified atom stereocenters. The quantitative estimate of drug-likeness (QED) is 0.885. The highest BCUT2D eigenvalue weighted by molar-refractivity contribution is 5.96. The maximum atomic E-state index is 12.8. The van der Waals surface area contributed by atoms with Crippen molar-refractivity contribution in [3.63, 3.8) is 0 Å². The van der Waals surface area contributed by atoms with Gasteiger partial charge in [0, 0.05) is 11.8 Å². The molecule has 0 aliphatic rings. The van der Waals surface area contributed by atoms with E-state index in [1.165, 1.54) is 24.3 Å². The van der Waals surface area contributed by atoms with E-state index in [2.05, 4.69) is 15.6 Å². The van der Waals surface area contributed by atoms with Gasteiger partial charge in [0.2, 0.25) is 5.91 Å². The normalized spacial score (nSPS) is 11.5. The topological polar surface area (TPSA) is 71.1 Å². The minimum Gasteiger partial charge on any atom is -0.346 e. The Morgan fingerprint density at radius 2 is 1.91 bits per heavy atom. The summed E-state index contributed by atoms with van der Waals surface area (Å²) in [7, 11) is 0. The molecule has 2 amide bonds. The van der Waals surface area contributed by atoms with E-state index in [9.17, 15) is 14.0 Å². The molecular weight excluding hydrogens is 285 g/mol. The molecular formula is C16H16FN3O2. The third-order valence-electron chi connectivity index (χ3n) is 3.02. The molecule has 0 saturated heterocycles. The molecule has 0 aliphatic carbocycles. The highest BCUT2D eigenvalue weighted by atomic mass is 19.1. The van der Waals surface area contributed by atoms with Crippen LogP contribution in [0.15, 0.2) is 48.7 Å². The van der Waals surface area contributed by atoms with Crippen LogP contribution in [0.1, 0.15) is 29.0 Å². The third-order valence-corrected chi connectivity index (χ3v) is 3.02. The number of nitrogens with zero attached hydrogens (tertiary/aromatic N) is 1. The van der Waals surface area contributed by atoms with Crippen LogP contribution in [0.25, 0.3) is 0 Å². The van der Waals surface area contributed by atoms with Crippen molar-refractivity contribution in [2.24, 2.45) is 0 Å². The fourth-order valence-electron chi connectivity index (χ4n) is 1.86. The number of aromatic nitrogens is 1. The van der Waals surface area contributed by atoms with Gasteiger partial charge < -0.3 is 10.6 Å². The fraction of sp³-hybridized carbons (Fsp3) is 0.188. The van der Waals surface area contributed by atoms with Crippen LogP contribution < -0.4 is 10.6 Å². The molecule has 0 bridgehead atoms. The van der Waals surface area contributed by atoms with Crippen molar-refractivity contribution in [2.75, 3.05) is 6.54 Å². The number of benzene rings is 1. The van der Waals surface area contributed by atoms with E-state index < -0.39 is 11.7 Å². The molecule has 0 spiro atoms. The van der Waals surface area contributed by atoms with E-state index in [-0.39, 0.29) is 18.5 Å². The Hall–Kier alpha value is -2.76. The average Bonchev–Trinajstić information content (AvgIpc) is 2.54. The zero-order valence-corrected chi connectivity index (χ0v) is 12.0. The van der Waals surface area contributed by atoms with Crippen molar-refractivity contribution in [3.05, 3.63) is 65.7 Å². The number of rotatable bonds is 5. The summed E-state index contributed by atoms with van der Waals surface area (Å²) in [4.78, 5) is 27.7. The van der Waals surface area contributed by atoms with Gasteiger partial charge in [-0.25, -0.2) is 4.39 Å². The molecule has 0 saturated carbocycles. The molecule has 2 aromatic rings. The second kappa shape index (κ2) is 7.31. The van der Waals surface area contributed by atoms with E-state index in [0.717, 1.165) is 5.69 Å². The molecule has 5 nitrogen and oxygen atoms in total. The van der Waals surface area contributed by atoms with Crippen LogP contribution in [0.5, 0.6) is 0 Å². The smallest absolute Gasteiger partial charge is 0.251 e. The van der Waals surface area contributed by atoms with Crippen LogP contribution in [0.3, 0.4) is 0 Å². The zero-order valence-electron chi connectivity index (χ0n) is 12.0. The molecule has 0 aliphatic heterocycles. The maximum Gasteiger partial charge on any atom is 0.251 e. The first-order valence-corrected chi connectivity index (χ1v) is 6.80. The molecule has 114 valence electrons. The fourth-order valence-corrected chi connectivity index (χ4v) is 1.86. The predicted octanol–water partition coefficient (Wildman–Crippen LogP) is 1.83. The SMILES string of the molecule is CC(NC(=O)CNC(=O)c1ccc(F)cc1)c1ccccn1. The second-order valence-electron chi connectivity index (χ2n) is 4.73. The van der Waals surface area contributed by atoms with Crippen LogP contribution in [-0.4, -0.2) is 23.3 Å². The Morgan fingerprint density at radius 1 is 1.18 bits per heavy atom. The number of hydrogen-bond donors (Lipinski definition) is 2. The summed E-state index contributed by atoms with van der Waals surface area (Å²) in [6, 6.07) is 10.3. The zero-order chi connectivity index (χ0) is 15.9. The Bertz CT molecular complexity index is 644. The van der Waals surface area contributed by atoms with E-state index in [4.69, 9.17) is 0 Å². The van der Waals surface area contributed by atoms with E-state index in [1.807, 2.05) is 19.1 Å². The van der Waals surface area contributed by atoms with Crippen LogP contribution in [0.2, 0.25) is 0 Å². The number of halogens is 1. The van der Waals surface area contributed by atoms with Crippen LogP contribution in [-0.2, 0) is 4.79 Å². The summed E-state index contributed by atoms with van der Waals surface area (Å²) in [5.41, 5.74) is 1.03. The minimum absolute atomic E-state index is 0.159. The molecule has 1 aromatic carbocycles. The highest BCUT2D eigenvalue weighted by Gasteiger charge is 2.12. The Morgan fingerprint density at radius 3 is 2.55 bits per heavy atom. The third kappa shape index (κ3) is 4.37. The Labute approximate surface area is 127 Å². The van der Waals surface area contributed by atoms with Gasteiger partial charge in [0.05, 0.1) is 18.3 Å². The van der Waals surface area contributed by atoms with E-state index in [1.54, 1.807) is 12.3 Å². The first kappa shape index (κ1) is 15.6. The lowest BCUT2D eigenvalue weighted by Crippen LogP contribution is -2.38. The Kier molecular flexibility index (Phi) is 5.19. The summed E-state index contributed by atoms with van der Waals surface area (Å²) in [6.45, 7) is 1.65. The number of pyridine rings is 1. The van der Waals surface area contributed by atoms with Crippen LogP contribution in [0, 0.1) is 5.82 Å². The highest BCUT2D eigenvalue weighted by Crippen LogP contribution is 2.07. The molecule has 0 radical (unpaired) electrons. The molecule has 0 fully saturated rings. The van der Waals surface area contributed by atoms with Gasteiger partial charge in [-0.3, -0.25) is 14.6 Å². The Balaban J connectivity index is 1.82. The van der Waals surface area contributed by atoms with Crippen molar-refractivity contribution < 1.29 is 14.0 Å². The molecule has 2 N–H and O–H groups in total. The summed E-state index contributed by atoms with van der Waals surface area (Å²) >= 11 is 0. The lowest BCUT2D eigenvalue weighted by atomic mass is 10.2. The van der Waals surface area contributed by atoms with Gasteiger partial charge >= 0.3 is 0 Å². The first-order chi connectivity index (χ1) is 10.6. The molecule has 1 heterocycles. The van der Waals surface area contributed by atoms with Crippen molar-refractivity contribution in [1.29, 1.82) is 0 Å². The monoisotopic (exact) mass is 301 g/mol. The predicted molar refractivity (Wildman–Crippen MR) is 79.5 cm³/mol. The van der Waals surface area contributed by atoms with Crippen LogP contribution in [0.4, 0.5) is 4.39 Å². The maximum absolute atomic E-state index is 12.8. The standard InChI is InChI=1S/C16H16FN3O2/c1-11(14-4-2-3-9-18-14)20-15(21)10-19-16(22)12-5-7-13(17)8-6-12/h2-9,11H,10H2,1H3,(H,19,22)(H,20,21). The van der Waals surface area contributed by atoms with Gasteiger partial charge in [-0.2, -0.15) is 0 Å². The molecule has 6 heteroatoms. The largest absolute Gasteiger partial charge is 0.346 e. The van der Waals surface area contributed by atoms with Gasteiger partial charge in [-0.05, 0) is 43.3 Å². The summed E-state index contributed by atoms with van der Waals surface area (Å²) in [5.74, 6) is -1.17. The lowest BCUT2D eigenvalue weighted by Gasteiger charge is -2.13.